The van der Waals surface area contributed by atoms with Gasteiger partial charge in [0.2, 0.25) is 5.91 Å². The summed E-state index contributed by atoms with van der Waals surface area (Å²) in [5, 5.41) is -0.503. The Morgan fingerprint density at radius 1 is 1.02 bits per heavy atom. The minimum Gasteiger partial charge on any atom is -0.336 e. The minimum absolute atomic E-state index is 0.0640. The maximum atomic E-state index is 15.0. The SMILES string of the molecule is [2H]c1c([2H])c(C([2H])([2H])N(C(=O)Cn2c(SC([2H])([2H])c3ccc(F)cc3)nc(=O)c3c2CCC3)C([2H])([2H])C([2H])([2H])N(C([2H])([2H])C)C([2H])([2H])C)c([2H])c(C)c1-c1ccc(C(F)(F)F)cc1. The third-order valence-corrected chi connectivity index (χ3v) is 8.13. The molecule has 0 atom stereocenters. The van der Waals surface area contributed by atoms with E-state index in [1.807, 2.05) is 0 Å². The Morgan fingerprint density at radius 3 is 2.40 bits per heavy atom. The molecule has 254 valence electrons. The molecular weight excluding hydrogens is 640 g/mol. The van der Waals surface area contributed by atoms with Crippen molar-refractivity contribution in [2.75, 3.05) is 26.0 Å². The van der Waals surface area contributed by atoms with Crippen molar-refractivity contribution < 1.29 is 42.9 Å². The highest BCUT2D eigenvalue weighted by atomic mass is 32.2. The van der Waals surface area contributed by atoms with Crippen LogP contribution in [0.2, 0.25) is 0 Å². The molecule has 0 aliphatic heterocycles. The summed E-state index contributed by atoms with van der Waals surface area (Å²) in [6.07, 6.45) is -4.23. The number of aromatic nitrogens is 2. The highest BCUT2D eigenvalue weighted by molar-refractivity contribution is 7.98. The van der Waals surface area contributed by atoms with Crippen LogP contribution < -0.4 is 5.56 Å². The Kier molecular flexibility index (Phi) is 6.63. The normalized spacial score (nSPS) is 19.2. The lowest BCUT2D eigenvalue weighted by Gasteiger charge is -2.28. The zero-order chi connectivity index (χ0) is 47.8. The molecule has 0 radical (unpaired) electrons. The van der Waals surface area contributed by atoms with Gasteiger partial charge in [-0.3, -0.25) is 9.59 Å². The maximum Gasteiger partial charge on any atom is 0.416 e. The standard InChI is InChI=1S/C37H40F4N4O2S/c1-4-43(5-2)19-20-44(22-27-11-18-31(25(3)21-27)28-12-14-29(15-13-28)37(39,40)41)34(46)23-45-33-8-6-7-32(33)35(47)42-36(45)48-24-26-9-16-30(38)17-10-26/h9-18,21H,4-8,19-20,22-24H2,1-3H3/i4D2,5D2,11D,18D,19D2,20D2,21D,22D2,24D2. The van der Waals surface area contributed by atoms with Crippen LogP contribution in [0.3, 0.4) is 0 Å². The molecule has 4 aromatic rings. The van der Waals surface area contributed by atoms with Gasteiger partial charge in [-0.15, -0.1) is 0 Å². The first kappa shape index (κ1) is 20.5. The van der Waals surface area contributed by atoms with Crippen LogP contribution in [-0.2, 0) is 42.6 Å². The number of alkyl halides is 3. The second kappa shape index (κ2) is 15.5. The molecule has 0 saturated heterocycles. The van der Waals surface area contributed by atoms with Crippen molar-refractivity contribution >= 4 is 17.7 Å². The molecule has 1 aliphatic rings. The third-order valence-electron chi connectivity index (χ3n) is 7.29. The van der Waals surface area contributed by atoms with Gasteiger partial charge >= 0.3 is 6.18 Å². The molecule has 0 unspecified atom stereocenters. The number of likely N-dealkylation sites (N-methyl/N-ethyl adjacent to an activating group) is 1. The Bertz CT molecular complexity index is 2430. The number of thioether (sulfide) groups is 1. The molecule has 1 heterocycles. The molecular formula is C37H40F4N4O2S. The monoisotopic (exact) mass is 695 g/mol. The van der Waals surface area contributed by atoms with Gasteiger partial charge in [0, 0.05) is 47.4 Å². The predicted molar refractivity (Wildman–Crippen MR) is 181 cm³/mol. The molecule has 1 amide bonds. The number of amides is 1. The fourth-order valence-corrected chi connectivity index (χ4v) is 5.67. The van der Waals surface area contributed by atoms with Crippen molar-refractivity contribution in [3.8, 4) is 11.1 Å². The Balaban J connectivity index is 1.77. The van der Waals surface area contributed by atoms with Gasteiger partial charge in [-0.05, 0) is 91.3 Å². The molecule has 0 spiro atoms. The van der Waals surface area contributed by atoms with E-state index in [9.17, 15) is 32.6 Å². The first-order valence-corrected chi connectivity index (χ1v) is 15.4. The molecule has 1 aliphatic carbocycles. The first-order chi connectivity index (χ1) is 28.6. The van der Waals surface area contributed by atoms with Gasteiger partial charge in [-0.1, -0.05) is 68.0 Å². The minimum atomic E-state index is -4.75. The molecule has 48 heavy (non-hydrogen) atoms. The van der Waals surface area contributed by atoms with Gasteiger partial charge in [0.25, 0.3) is 5.56 Å². The average Bonchev–Trinajstić information content (AvgIpc) is 3.62. The summed E-state index contributed by atoms with van der Waals surface area (Å²) in [6.45, 7) is -17.0. The van der Waals surface area contributed by atoms with E-state index in [0.29, 0.717) is 32.4 Å². The summed E-state index contributed by atoms with van der Waals surface area (Å²) in [5.41, 5.74) is -6.25. The van der Waals surface area contributed by atoms with E-state index in [2.05, 4.69) is 4.98 Å². The number of hydrogen-bond acceptors (Lipinski definition) is 5. The number of carbonyl (C=O) groups is 1. The summed E-state index contributed by atoms with van der Waals surface area (Å²) < 4.78 is 188. The molecule has 5 rings (SSSR count). The van der Waals surface area contributed by atoms with E-state index < -0.39 is 108 Å². The van der Waals surface area contributed by atoms with Crippen LogP contribution in [0.4, 0.5) is 17.6 Å². The zero-order valence-corrected chi connectivity index (χ0v) is 26.8. The lowest BCUT2D eigenvalue weighted by atomic mass is 9.97. The topological polar surface area (TPSA) is 58.4 Å². The smallest absolute Gasteiger partial charge is 0.336 e. The van der Waals surface area contributed by atoms with Crippen molar-refractivity contribution in [1.82, 2.24) is 19.4 Å². The number of fused-ring (bicyclic) bond motifs is 1. The maximum absolute atomic E-state index is 15.0. The first-order valence-electron chi connectivity index (χ1n) is 22.1. The number of carbonyl (C=O) groups excluding carboxylic acids is 1. The summed E-state index contributed by atoms with van der Waals surface area (Å²) >= 11 is 0.280. The summed E-state index contributed by atoms with van der Waals surface area (Å²) in [7, 11) is 0. The zero-order valence-electron chi connectivity index (χ0n) is 41.0. The van der Waals surface area contributed by atoms with E-state index in [1.165, 1.54) is 0 Å². The van der Waals surface area contributed by atoms with Gasteiger partial charge in [-0.2, -0.15) is 18.2 Å². The lowest BCUT2D eigenvalue weighted by Crippen LogP contribution is -2.40. The molecule has 0 bridgehead atoms. The van der Waals surface area contributed by atoms with Gasteiger partial charge in [-0.25, -0.2) is 4.39 Å². The number of benzene rings is 3. The van der Waals surface area contributed by atoms with Crippen LogP contribution in [0.5, 0.6) is 0 Å². The summed E-state index contributed by atoms with van der Waals surface area (Å²) in [4.78, 5) is 31.6. The van der Waals surface area contributed by atoms with E-state index >= 15 is 0 Å². The predicted octanol–water partition coefficient (Wildman–Crippen LogP) is 7.53. The second-order valence-corrected chi connectivity index (χ2v) is 11.2. The average molecular weight is 696 g/mol. The summed E-state index contributed by atoms with van der Waals surface area (Å²) in [5.74, 6) is -2.43. The van der Waals surface area contributed by atoms with Crippen LogP contribution >= 0.6 is 11.8 Å². The van der Waals surface area contributed by atoms with Crippen LogP contribution in [0.1, 0.15) is 74.3 Å². The third kappa shape index (κ3) is 8.54. The van der Waals surface area contributed by atoms with Crippen molar-refractivity contribution in [1.29, 1.82) is 0 Å². The van der Waals surface area contributed by atoms with E-state index in [1.54, 1.807) is 0 Å². The Morgan fingerprint density at radius 2 is 1.73 bits per heavy atom. The number of nitrogens with zero attached hydrogens (tertiary/aromatic N) is 4. The fourth-order valence-electron chi connectivity index (χ4n) is 4.91. The lowest BCUT2D eigenvalue weighted by molar-refractivity contribution is -0.137. The van der Waals surface area contributed by atoms with Crippen molar-refractivity contribution in [3.05, 3.63) is 116 Å². The van der Waals surface area contributed by atoms with E-state index in [-0.39, 0.29) is 63.0 Å². The molecule has 0 saturated carbocycles. The van der Waals surface area contributed by atoms with Crippen LogP contribution in [0, 0.1) is 12.7 Å². The van der Waals surface area contributed by atoms with Crippen molar-refractivity contribution in [2.45, 2.75) is 70.1 Å². The number of hydrogen-bond donors (Lipinski definition) is 0. The molecule has 1 aromatic heterocycles. The quantitative estimate of drug-likeness (QED) is 0.0823. The highest BCUT2D eigenvalue weighted by Gasteiger charge is 2.30. The van der Waals surface area contributed by atoms with Crippen molar-refractivity contribution in [2.24, 2.45) is 0 Å². The van der Waals surface area contributed by atoms with E-state index in [0.717, 1.165) is 47.9 Å². The van der Waals surface area contributed by atoms with Gasteiger partial charge < -0.3 is 14.4 Å². The highest BCUT2D eigenvalue weighted by Crippen LogP contribution is 2.32. The van der Waals surface area contributed by atoms with Gasteiger partial charge in [0.1, 0.15) is 12.4 Å². The van der Waals surface area contributed by atoms with Crippen LogP contribution in [0.15, 0.2) is 76.6 Å². The Hall–Kier alpha value is -3.96. The molecule has 6 nitrogen and oxygen atoms in total. The van der Waals surface area contributed by atoms with E-state index in [4.69, 9.17) is 15.1 Å². The van der Waals surface area contributed by atoms with Crippen LogP contribution in [-0.4, -0.2) is 51.2 Å². The number of halogens is 4. The van der Waals surface area contributed by atoms with Gasteiger partial charge in [0.15, 0.2) is 5.16 Å². The van der Waals surface area contributed by atoms with Crippen LogP contribution in [0.25, 0.3) is 11.1 Å². The molecule has 11 heteroatoms. The Labute approximate surface area is 303 Å². The van der Waals surface area contributed by atoms with Crippen molar-refractivity contribution in [3.63, 3.8) is 0 Å². The number of rotatable bonds is 13. The summed E-state index contributed by atoms with van der Waals surface area (Å²) in [6, 6.07) is 4.40. The molecule has 0 fully saturated rings. The molecule has 0 N–H and O–H groups in total. The fraction of sp³-hybridized carbons (Fsp3) is 0.378. The van der Waals surface area contributed by atoms with Gasteiger partial charge in [0.05, 0.1) is 15.2 Å². The largest absolute Gasteiger partial charge is 0.416 e. The molecule has 3 aromatic carbocycles. The second-order valence-electron chi connectivity index (χ2n) is 10.4.